The summed E-state index contributed by atoms with van der Waals surface area (Å²) in [6.07, 6.45) is 4.48. The lowest BCUT2D eigenvalue weighted by atomic mass is 10.1. The summed E-state index contributed by atoms with van der Waals surface area (Å²) in [5.74, 6) is -1.03. The van der Waals surface area contributed by atoms with Crippen LogP contribution in [-0.2, 0) is 29.4 Å². The van der Waals surface area contributed by atoms with Crippen molar-refractivity contribution in [2.75, 3.05) is 10.8 Å². The number of aryl methyl sites for hydroxylation is 1. The number of aromatic carboxylic acids is 1. The quantitative estimate of drug-likeness (QED) is 0.912. The standard InChI is InChI=1S/C16H17N3O4S/c20-16(21)12-4-3-6-13-11(12)7-9-19(13)24(22,23)15-10-17-18-8-2-1-5-14(15)18/h3-4,6,10H,1-2,5,7-9H2,(H,20,21). The Morgan fingerprint density at radius 2 is 2.00 bits per heavy atom. The number of carbonyl (C=O) groups is 1. The minimum Gasteiger partial charge on any atom is -0.478 e. The lowest BCUT2D eigenvalue weighted by Gasteiger charge is -2.21. The minimum absolute atomic E-state index is 0.169. The molecule has 2 aliphatic heterocycles. The van der Waals surface area contributed by atoms with E-state index < -0.39 is 16.0 Å². The molecule has 0 atom stereocenters. The fourth-order valence-electron chi connectivity index (χ4n) is 3.58. The van der Waals surface area contributed by atoms with E-state index >= 15 is 0 Å². The molecule has 0 amide bonds. The number of sulfonamides is 1. The average Bonchev–Trinajstić information content (AvgIpc) is 3.19. The van der Waals surface area contributed by atoms with Gasteiger partial charge >= 0.3 is 5.97 Å². The van der Waals surface area contributed by atoms with E-state index in [1.54, 1.807) is 16.8 Å². The van der Waals surface area contributed by atoms with Crippen LogP contribution in [0.5, 0.6) is 0 Å². The van der Waals surface area contributed by atoms with Gasteiger partial charge in [-0.15, -0.1) is 0 Å². The first-order chi connectivity index (χ1) is 11.5. The molecule has 0 saturated carbocycles. The summed E-state index contributed by atoms with van der Waals surface area (Å²) >= 11 is 0. The Labute approximate surface area is 139 Å². The molecule has 0 radical (unpaired) electrons. The van der Waals surface area contributed by atoms with E-state index in [1.807, 2.05) is 0 Å². The summed E-state index contributed by atoms with van der Waals surface area (Å²) in [5.41, 5.74) is 1.96. The third-order valence-electron chi connectivity index (χ3n) is 4.73. The monoisotopic (exact) mass is 347 g/mol. The molecule has 0 unspecified atom stereocenters. The fraction of sp³-hybridized carbons (Fsp3) is 0.375. The molecular formula is C16H17N3O4S. The van der Waals surface area contributed by atoms with Crippen molar-refractivity contribution in [3.05, 3.63) is 41.2 Å². The molecule has 0 fully saturated rings. The molecule has 7 nitrogen and oxygen atoms in total. The maximum absolute atomic E-state index is 13.1. The normalized spacial score (nSPS) is 16.8. The number of aromatic nitrogens is 2. The van der Waals surface area contributed by atoms with Gasteiger partial charge in [-0.2, -0.15) is 5.10 Å². The molecule has 2 aromatic rings. The fourth-order valence-corrected chi connectivity index (χ4v) is 5.27. The van der Waals surface area contributed by atoms with E-state index in [4.69, 9.17) is 0 Å². The lowest BCUT2D eigenvalue weighted by molar-refractivity contribution is 0.0696. The van der Waals surface area contributed by atoms with Crippen LogP contribution in [0.25, 0.3) is 0 Å². The first kappa shape index (κ1) is 15.2. The minimum atomic E-state index is -3.74. The molecule has 2 aliphatic rings. The number of carboxylic acids is 1. The van der Waals surface area contributed by atoms with Crippen LogP contribution in [0.2, 0.25) is 0 Å². The van der Waals surface area contributed by atoms with Crippen molar-refractivity contribution in [3.8, 4) is 0 Å². The Kier molecular flexibility index (Phi) is 3.38. The molecule has 0 saturated heterocycles. The molecule has 1 aromatic carbocycles. The van der Waals surface area contributed by atoms with E-state index in [9.17, 15) is 18.3 Å². The Hall–Kier alpha value is -2.35. The molecule has 1 aromatic heterocycles. The van der Waals surface area contributed by atoms with E-state index in [1.165, 1.54) is 16.6 Å². The van der Waals surface area contributed by atoms with Crippen LogP contribution < -0.4 is 4.31 Å². The van der Waals surface area contributed by atoms with Gasteiger partial charge in [-0.3, -0.25) is 8.99 Å². The average molecular weight is 347 g/mol. The van der Waals surface area contributed by atoms with Gasteiger partial charge < -0.3 is 5.11 Å². The largest absolute Gasteiger partial charge is 0.478 e. The zero-order valence-corrected chi connectivity index (χ0v) is 13.8. The van der Waals surface area contributed by atoms with Gasteiger partial charge in [0.25, 0.3) is 10.0 Å². The van der Waals surface area contributed by atoms with Gasteiger partial charge in [-0.05, 0) is 43.4 Å². The van der Waals surface area contributed by atoms with E-state index in [0.29, 0.717) is 24.1 Å². The summed E-state index contributed by atoms with van der Waals surface area (Å²) in [4.78, 5) is 11.6. The summed E-state index contributed by atoms with van der Waals surface area (Å²) in [6.45, 7) is 0.997. The Balaban J connectivity index is 1.80. The predicted molar refractivity (Wildman–Crippen MR) is 86.8 cm³/mol. The molecule has 3 heterocycles. The second-order valence-electron chi connectivity index (χ2n) is 6.07. The molecule has 0 aliphatic carbocycles. The highest BCUT2D eigenvalue weighted by Gasteiger charge is 2.36. The topological polar surface area (TPSA) is 92.5 Å². The number of fused-ring (bicyclic) bond motifs is 2. The number of benzene rings is 1. The highest BCUT2D eigenvalue weighted by molar-refractivity contribution is 7.92. The zero-order chi connectivity index (χ0) is 16.9. The molecular weight excluding hydrogens is 330 g/mol. The van der Waals surface area contributed by atoms with Crippen molar-refractivity contribution in [1.29, 1.82) is 0 Å². The van der Waals surface area contributed by atoms with Crippen molar-refractivity contribution in [2.24, 2.45) is 0 Å². The first-order valence-electron chi connectivity index (χ1n) is 7.93. The second kappa shape index (κ2) is 5.34. The van der Waals surface area contributed by atoms with Crippen molar-refractivity contribution in [2.45, 2.75) is 37.1 Å². The van der Waals surface area contributed by atoms with Gasteiger partial charge in [0.15, 0.2) is 0 Å². The summed E-state index contributed by atoms with van der Waals surface area (Å²) in [6, 6.07) is 4.77. The summed E-state index contributed by atoms with van der Waals surface area (Å²) in [7, 11) is -3.74. The smallest absolute Gasteiger partial charge is 0.336 e. The summed E-state index contributed by atoms with van der Waals surface area (Å²) < 4.78 is 29.4. The molecule has 4 rings (SSSR count). The van der Waals surface area contributed by atoms with Gasteiger partial charge in [-0.25, -0.2) is 13.2 Å². The van der Waals surface area contributed by atoms with Gasteiger partial charge in [-0.1, -0.05) is 6.07 Å². The van der Waals surface area contributed by atoms with Gasteiger partial charge in [0, 0.05) is 13.1 Å². The van der Waals surface area contributed by atoms with Crippen LogP contribution in [0.15, 0.2) is 29.3 Å². The van der Waals surface area contributed by atoms with Crippen molar-refractivity contribution >= 4 is 21.7 Å². The van der Waals surface area contributed by atoms with Gasteiger partial charge in [0.1, 0.15) is 4.90 Å². The van der Waals surface area contributed by atoms with Crippen molar-refractivity contribution < 1.29 is 18.3 Å². The third-order valence-corrected chi connectivity index (χ3v) is 6.58. The SMILES string of the molecule is O=C(O)c1cccc2c1CCN2S(=O)(=O)c1cnn2c1CCCC2. The molecule has 8 heteroatoms. The lowest BCUT2D eigenvalue weighted by Crippen LogP contribution is -2.30. The van der Waals surface area contributed by atoms with Gasteiger partial charge in [0.2, 0.25) is 0 Å². The second-order valence-corrected chi connectivity index (χ2v) is 7.90. The van der Waals surface area contributed by atoms with Crippen LogP contribution in [0.4, 0.5) is 5.69 Å². The Bertz CT molecular complexity index is 933. The molecule has 24 heavy (non-hydrogen) atoms. The Morgan fingerprint density at radius 3 is 2.79 bits per heavy atom. The van der Waals surface area contributed by atoms with Crippen molar-refractivity contribution in [3.63, 3.8) is 0 Å². The molecule has 0 spiro atoms. The number of carboxylic acid groups (broad SMARTS) is 1. The number of nitrogens with zero attached hydrogens (tertiary/aromatic N) is 3. The van der Waals surface area contributed by atoms with E-state index in [0.717, 1.165) is 25.1 Å². The van der Waals surface area contributed by atoms with Crippen LogP contribution in [0, 0.1) is 0 Å². The highest BCUT2D eigenvalue weighted by atomic mass is 32.2. The maximum Gasteiger partial charge on any atom is 0.336 e. The van der Waals surface area contributed by atoms with Crippen LogP contribution in [0.1, 0.15) is 34.5 Å². The summed E-state index contributed by atoms with van der Waals surface area (Å²) in [5, 5.41) is 13.5. The van der Waals surface area contributed by atoms with E-state index in [-0.39, 0.29) is 17.0 Å². The zero-order valence-electron chi connectivity index (χ0n) is 13.0. The number of rotatable bonds is 3. The first-order valence-corrected chi connectivity index (χ1v) is 9.37. The maximum atomic E-state index is 13.1. The molecule has 126 valence electrons. The third kappa shape index (κ3) is 2.13. The van der Waals surface area contributed by atoms with Crippen LogP contribution in [0.3, 0.4) is 0 Å². The molecule has 1 N–H and O–H groups in total. The predicted octanol–water partition coefficient (Wildman–Crippen LogP) is 1.67. The molecule has 0 bridgehead atoms. The van der Waals surface area contributed by atoms with Crippen molar-refractivity contribution in [1.82, 2.24) is 9.78 Å². The number of hydrogen-bond acceptors (Lipinski definition) is 4. The number of hydrogen-bond donors (Lipinski definition) is 1. The number of anilines is 1. The van der Waals surface area contributed by atoms with Crippen LogP contribution in [-0.4, -0.2) is 35.8 Å². The van der Waals surface area contributed by atoms with E-state index in [2.05, 4.69) is 5.10 Å². The van der Waals surface area contributed by atoms with Gasteiger partial charge in [0.05, 0.1) is 23.1 Å². The highest BCUT2D eigenvalue weighted by Crippen LogP contribution is 2.36. The Morgan fingerprint density at radius 1 is 1.17 bits per heavy atom. The van der Waals surface area contributed by atoms with Crippen LogP contribution >= 0.6 is 0 Å².